The topological polar surface area (TPSA) is 56.1 Å². The molecule has 0 aromatic carbocycles. The summed E-state index contributed by atoms with van der Waals surface area (Å²) in [5.74, 6) is 0.350. The molecule has 0 bridgehead atoms. The molecule has 0 saturated carbocycles. The van der Waals surface area contributed by atoms with Crippen molar-refractivity contribution in [3.05, 3.63) is 30.1 Å². The molecule has 0 unspecified atom stereocenters. The molecule has 1 aliphatic rings. The average molecular weight is 261 g/mol. The van der Waals surface area contributed by atoms with Crippen LogP contribution in [-0.4, -0.2) is 48.8 Å². The molecule has 6 nitrogen and oxygen atoms in total. The maximum atomic E-state index is 11.8. The third-order valence-corrected chi connectivity index (χ3v) is 3.20. The quantitative estimate of drug-likeness (QED) is 0.754. The van der Waals surface area contributed by atoms with Crippen molar-refractivity contribution in [1.82, 2.24) is 9.38 Å². The van der Waals surface area contributed by atoms with Crippen molar-refractivity contribution in [2.24, 2.45) is 0 Å². The normalized spacial score (nSPS) is 15.7. The summed E-state index contributed by atoms with van der Waals surface area (Å²) in [6, 6.07) is 5.66. The number of ether oxygens (including phenoxy) is 2. The molecule has 0 atom stereocenters. The molecule has 2 aromatic heterocycles. The number of nitrogens with zero attached hydrogens (tertiary/aromatic N) is 3. The summed E-state index contributed by atoms with van der Waals surface area (Å²) in [5.41, 5.74) is 1.11. The van der Waals surface area contributed by atoms with Gasteiger partial charge < -0.3 is 14.4 Å². The minimum Gasteiger partial charge on any atom is -0.464 e. The van der Waals surface area contributed by atoms with Crippen LogP contribution in [0.4, 0.5) is 5.95 Å². The number of rotatable bonds is 2. The maximum absolute atomic E-state index is 11.8. The lowest BCUT2D eigenvalue weighted by atomic mass is 10.3. The van der Waals surface area contributed by atoms with Crippen LogP contribution in [0, 0.1) is 0 Å². The zero-order chi connectivity index (χ0) is 13.2. The Kier molecular flexibility index (Phi) is 3.08. The predicted octanol–water partition coefficient (Wildman–Crippen LogP) is 0.957. The van der Waals surface area contributed by atoms with Crippen LogP contribution in [0.25, 0.3) is 5.52 Å². The van der Waals surface area contributed by atoms with Crippen LogP contribution in [0.15, 0.2) is 24.4 Å². The molecule has 1 fully saturated rings. The van der Waals surface area contributed by atoms with Crippen LogP contribution in [0.2, 0.25) is 0 Å². The van der Waals surface area contributed by atoms with Crippen molar-refractivity contribution in [3.63, 3.8) is 0 Å². The highest BCUT2D eigenvalue weighted by atomic mass is 16.5. The second-order valence-electron chi connectivity index (χ2n) is 4.31. The van der Waals surface area contributed by atoms with Gasteiger partial charge in [0.2, 0.25) is 5.95 Å². The monoisotopic (exact) mass is 261 g/mol. The van der Waals surface area contributed by atoms with Crippen LogP contribution in [0.5, 0.6) is 0 Å². The first kappa shape index (κ1) is 12.0. The zero-order valence-corrected chi connectivity index (χ0v) is 10.7. The molecule has 0 amide bonds. The lowest BCUT2D eigenvalue weighted by Gasteiger charge is -2.26. The first-order valence-corrected chi connectivity index (χ1v) is 6.19. The average Bonchev–Trinajstić information content (AvgIpc) is 2.87. The van der Waals surface area contributed by atoms with E-state index < -0.39 is 5.97 Å². The second-order valence-corrected chi connectivity index (χ2v) is 4.31. The Labute approximate surface area is 110 Å². The summed E-state index contributed by atoms with van der Waals surface area (Å²) in [5, 5.41) is 0. The molecule has 3 rings (SSSR count). The summed E-state index contributed by atoms with van der Waals surface area (Å²) in [6.45, 7) is 2.90. The fourth-order valence-electron chi connectivity index (χ4n) is 2.25. The van der Waals surface area contributed by atoms with Crippen molar-refractivity contribution in [2.45, 2.75) is 0 Å². The van der Waals surface area contributed by atoms with Gasteiger partial charge in [-0.05, 0) is 12.1 Å². The third kappa shape index (κ3) is 2.04. The van der Waals surface area contributed by atoms with Gasteiger partial charge in [0.15, 0.2) is 5.69 Å². The summed E-state index contributed by atoms with van der Waals surface area (Å²) < 4.78 is 12.0. The van der Waals surface area contributed by atoms with E-state index in [1.807, 2.05) is 28.8 Å². The van der Waals surface area contributed by atoms with Gasteiger partial charge in [0.25, 0.3) is 0 Å². The van der Waals surface area contributed by atoms with E-state index in [0.29, 0.717) is 18.9 Å². The van der Waals surface area contributed by atoms with E-state index in [-0.39, 0.29) is 0 Å². The Hall–Kier alpha value is -2.08. The van der Waals surface area contributed by atoms with E-state index >= 15 is 0 Å². The molecule has 0 radical (unpaired) electrons. The highest BCUT2D eigenvalue weighted by molar-refractivity contribution is 5.95. The number of anilines is 1. The van der Waals surface area contributed by atoms with Gasteiger partial charge in [-0.2, -0.15) is 0 Å². The minimum atomic E-state index is -0.414. The molecule has 1 aliphatic heterocycles. The van der Waals surface area contributed by atoms with Gasteiger partial charge in [-0.15, -0.1) is 0 Å². The fourth-order valence-corrected chi connectivity index (χ4v) is 2.25. The van der Waals surface area contributed by atoms with Crippen LogP contribution in [0.1, 0.15) is 10.5 Å². The van der Waals surface area contributed by atoms with Crippen molar-refractivity contribution >= 4 is 17.4 Å². The molecule has 6 heteroatoms. The van der Waals surface area contributed by atoms with E-state index in [0.717, 1.165) is 24.6 Å². The zero-order valence-electron chi connectivity index (χ0n) is 10.7. The van der Waals surface area contributed by atoms with Gasteiger partial charge >= 0.3 is 5.97 Å². The summed E-state index contributed by atoms with van der Waals surface area (Å²) in [7, 11) is 1.37. The number of carbonyl (C=O) groups excluding carboxylic acids is 1. The number of hydrogen-bond donors (Lipinski definition) is 0. The summed E-state index contributed by atoms with van der Waals surface area (Å²) in [4.78, 5) is 18.3. The minimum absolute atomic E-state index is 0.351. The van der Waals surface area contributed by atoms with Crippen LogP contribution < -0.4 is 4.90 Å². The Morgan fingerprint density at radius 2 is 2.16 bits per heavy atom. The highest BCUT2D eigenvalue weighted by Gasteiger charge is 2.22. The molecular weight excluding hydrogens is 246 g/mol. The van der Waals surface area contributed by atoms with Crippen molar-refractivity contribution in [2.75, 3.05) is 38.3 Å². The smallest absolute Gasteiger partial charge is 0.359 e. The number of imidazole rings is 1. The van der Waals surface area contributed by atoms with Gasteiger partial charge in [0, 0.05) is 19.3 Å². The Balaban J connectivity index is 2.11. The van der Waals surface area contributed by atoms with Crippen molar-refractivity contribution in [1.29, 1.82) is 0 Å². The molecule has 0 N–H and O–H groups in total. The predicted molar refractivity (Wildman–Crippen MR) is 69.6 cm³/mol. The number of morpholine rings is 1. The van der Waals surface area contributed by atoms with Gasteiger partial charge in [-0.1, -0.05) is 6.07 Å². The molecule has 19 heavy (non-hydrogen) atoms. The highest BCUT2D eigenvalue weighted by Crippen LogP contribution is 2.21. The van der Waals surface area contributed by atoms with Gasteiger partial charge in [0.05, 0.1) is 25.8 Å². The van der Waals surface area contributed by atoms with Crippen molar-refractivity contribution < 1.29 is 14.3 Å². The molecule has 0 aliphatic carbocycles. The summed E-state index contributed by atoms with van der Waals surface area (Å²) >= 11 is 0. The number of pyridine rings is 1. The number of methoxy groups -OCH3 is 1. The number of fused-ring (bicyclic) bond motifs is 1. The Morgan fingerprint density at radius 3 is 2.89 bits per heavy atom. The summed E-state index contributed by atoms with van der Waals surface area (Å²) in [6.07, 6.45) is 1.90. The van der Waals surface area contributed by atoms with E-state index in [1.165, 1.54) is 7.11 Å². The second kappa shape index (κ2) is 4.89. The molecule has 0 spiro atoms. The Bertz CT molecular complexity index is 602. The molecule has 100 valence electrons. The Morgan fingerprint density at radius 1 is 1.37 bits per heavy atom. The van der Waals surface area contributed by atoms with E-state index in [1.54, 1.807) is 0 Å². The van der Waals surface area contributed by atoms with Crippen molar-refractivity contribution in [3.8, 4) is 0 Å². The lowest BCUT2D eigenvalue weighted by Crippen LogP contribution is -2.37. The number of hydrogen-bond acceptors (Lipinski definition) is 5. The number of esters is 1. The van der Waals surface area contributed by atoms with Crippen LogP contribution in [0.3, 0.4) is 0 Å². The van der Waals surface area contributed by atoms with Gasteiger partial charge in [-0.3, -0.25) is 4.40 Å². The van der Waals surface area contributed by atoms with E-state index in [9.17, 15) is 4.79 Å². The van der Waals surface area contributed by atoms with E-state index in [4.69, 9.17) is 9.47 Å². The van der Waals surface area contributed by atoms with Gasteiger partial charge in [-0.25, -0.2) is 9.78 Å². The molecular formula is C13H15N3O3. The lowest BCUT2D eigenvalue weighted by molar-refractivity contribution is 0.0597. The van der Waals surface area contributed by atoms with Gasteiger partial charge in [0.1, 0.15) is 0 Å². The van der Waals surface area contributed by atoms with Crippen LogP contribution >= 0.6 is 0 Å². The standard InChI is InChI=1S/C13H15N3O3/c1-18-12(17)11-10-4-2-3-5-16(10)13(14-11)15-6-8-19-9-7-15/h2-5H,6-9H2,1H3. The fraction of sp³-hybridized carbons (Fsp3) is 0.385. The first-order chi connectivity index (χ1) is 9.31. The number of aromatic nitrogens is 2. The first-order valence-electron chi connectivity index (χ1n) is 6.19. The largest absolute Gasteiger partial charge is 0.464 e. The molecule has 3 heterocycles. The number of carbonyl (C=O) groups is 1. The maximum Gasteiger partial charge on any atom is 0.359 e. The molecule has 2 aromatic rings. The molecule has 1 saturated heterocycles. The SMILES string of the molecule is COC(=O)c1nc(N2CCOCC2)n2ccccc12. The van der Waals surface area contributed by atoms with E-state index in [2.05, 4.69) is 9.88 Å². The third-order valence-electron chi connectivity index (χ3n) is 3.20. The van der Waals surface area contributed by atoms with Crippen LogP contribution in [-0.2, 0) is 9.47 Å².